The molecule has 3 aromatic rings. The highest BCUT2D eigenvalue weighted by Gasteiger charge is 2.22. The van der Waals surface area contributed by atoms with Gasteiger partial charge in [-0.1, -0.05) is 49.4 Å². The first-order valence-electron chi connectivity index (χ1n) is 11.4. The Bertz CT molecular complexity index is 1010. The second-order valence-corrected chi connectivity index (χ2v) is 8.63. The number of carbonyl (C=O) groups excluding carboxylic acids is 1. The maximum absolute atomic E-state index is 12.9. The number of aromatic nitrogens is 2. The van der Waals surface area contributed by atoms with Crippen LogP contribution in [0.15, 0.2) is 60.8 Å². The molecule has 2 N–H and O–H groups in total. The van der Waals surface area contributed by atoms with Crippen LogP contribution in [0.4, 0.5) is 0 Å². The molecule has 1 amide bonds. The van der Waals surface area contributed by atoms with E-state index in [4.69, 9.17) is 4.74 Å². The fourth-order valence-electron chi connectivity index (χ4n) is 4.32. The summed E-state index contributed by atoms with van der Waals surface area (Å²) < 4.78 is 5.81. The van der Waals surface area contributed by atoms with Crippen LogP contribution in [0.5, 0.6) is 0 Å². The van der Waals surface area contributed by atoms with Crippen molar-refractivity contribution in [2.75, 3.05) is 13.1 Å². The molecule has 2 heterocycles. The van der Waals surface area contributed by atoms with Gasteiger partial charge in [0.25, 0.3) is 5.91 Å². The van der Waals surface area contributed by atoms with Gasteiger partial charge in [-0.2, -0.15) is 0 Å². The minimum absolute atomic E-state index is 0.0883. The summed E-state index contributed by atoms with van der Waals surface area (Å²) in [7, 11) is 0. The Morgan fingerprint density at radius 1 is 1.12 bits per heavy atom. The van der Waals surface area contributed by atoms with E-state index in [9.17, 15) is 4.79 Å². The number of nitrogens with zero attached hydrogens (tertiary/aromatic N) is 2. The van der Waals surface area contributed by atoms with Gasteiger partial charge in [0, 0.05) is 25.2 Å². The number of hydrogen-bond acceptors (Lipinski definition) is 4. The molecule has 4 rings (SSSR count). The highest BCUT2D eigenvalue weighted by atomic mass is 16.5. The lowest BCUT2D eigenvalue weighted by Crippen LogP contribution is -2.44. The van der Waals surface area contributed by atoms with Gasteiger partial charge in [-0.15, -0.1) is 0 Å². The Labute approximate surface area is 190 Å². The molecule has 1 aliphatic rings. The number of ether oxygens (including phenoxy) is 1. The van der Waals surface area contributed by atoms with Gasteiger partial charge in [0.1, 0.15) is 5.82 Å². The molecule has 1 saturated heterocycles. The number of H-pyrrole nitrogens is 1. The van der Waals surface area contributed by atoms with Crippen LogP contribution in [-0.2, 0) is 11.3 Å². The molecule has 1 aliphatic heterocycles. The van der Waals surface area contributed by atoms with Crippen molar-refractivity contribution in [3.63, 3.8) is 0 Å². The van der Waals surface area contributed by atoms with Crippen LogP contribution in [-0.4, -0.2) is 46.1 Å². The lowest BCUT2D eigenvalue weighted by Gasteiger charge is -2.35. The van der Waals surface area contributed by atoms with Gasteiger partial charge in [0.15, 0.2) is 0 Å². The molecule has 1 aromatic heterocycles. The molecule has 0 bridgehead atoms. The van der Waals surface area contributed by atoms with Crippen LogP contribution in [0.1, 0.15) is 55.0 Å². The number of amides is 1. The van der Waals surface area contributed by atoms with Crippen molar-refractivity contribution < 1.29 is 9.53 Å². The average Bonchev–Trinajstić information content (AvgIpc) is 3.28. The van der Waals surface area contributed by atoms with Crippen LogP contribution in [0.25, 0.3) is 11.3 Å². The standard InChI is InChI=1S/C26H32N4O2/c1-4-23(25-27-14-24(28-25)21-8-6-5-7-9-21)29-26(31)22-12-10-20(11-13-22)17-30-15-18(2)32-19(3)16-30/h5-14,18-19,23H,4,15-17H2,1-3H3,(H,27,28)(H,29,31). The summed E-state index contributed by atoms with van der Waals surface area (Å²) >= 11 is 0. The highest BCUT2D eigenvalue weighted by Crippen LogP contribution is 2.21. The Hall–Kier alpha value is -2.96. The van der Waals surface area contributed by atoms with E-state index in [0.29, 0.717) is 5.56 Å². The van der Waals surface area contributed by atoms with E-state index in [-0.39, 0.29) is 24.2 Å². The van der Waals surface area contributed by atoms with Gasteiger partial charge < -0.3 is 15.0 Å². The fraction of sp³-hybridized carbons (Fsp3) is 0.385. The van der Waals surface area contributed by atoms with Crippen molar-refractivity contribution in [2.45, 2.75) is 52.0 Å². The van der Waals surface area contributed by atoms with Gasteiger partial charge in [-0.05, 0) is 43.5 Å². The van der Waals surface area contributed by atoms with E-state index in [1.807, 2.05) is 67.7 Å². The van der Waals surface area contributed by atoms with Gasteiger partial charge in [0.2, 0.25) is 0 Å². The number of hydrogen-bond donors (Lipinski definition) is 2. The predicted octanol–water partition coefficient (Wildman–Crippen LogP) is 4.57. The number of imidazole rings is 1. The van der Waals surface area contributed by atoms with Crippen molar-refractivity contribution >= 4 is 5.91 Å². The van der Waals surface area contributed by atoms with Crippen molar-refractivity contribution in [3.05, 3.63) is 77.7 Å². The van der Waals surface area contributed by atoms with E-state index in [1.54, 1.807) is 0 Å². The first kappa shape index (κ1) is 22.2. The van der Waals surface area contributed by atoms with Crippen LogP contribution >= 0.6 is 0 Å². The smallest absolute Gasteiger partial charge is 0.251 e. The summed E-state index contributed by atoms with van der Waals surface area (Å²) in [5, 5.41) is 3.12. The summed E-state index contributed by atoms with van der Waals surface area (Å²) in [6.45, 7) is 9.00. The summed E-state index contributed by atoms with van der Waals surface area (Å²) in [6, 6.07) is 17.8. The van der Waals surface area contributed by atoms with Gasteiger partial charge >= 0.3 is 0 Å². The second-order valence-electron chi connectivity index (χ2n) is 8.63. The molecular formula is C26H32N4O2. The zero-order chi connectivity index (χ0) is 22.5. The van der Waals surface area contributed by atoms with E-state index in [0.717, 1.165) is 43.1 Å². The lowest BCUT2D eigenvalue weighted by atomic mass is 10.1. The Balaban J connectivity index is 1.38. The lowest BCUT2D eigenvalue weighted by molar-refractivity contribution is -0.0704. The minimum Gasteiger partial charge on any atom is -0.373 e. The van der Waals surface area contributed by atoms with E-state index < -0.39 is 0 Å². The number of carbonyl (C=O) groups is 1. The molecule has 0 spiro atoms. The first-order valence-corrected chi connectivity index (χ1v) is 11.4. The van der Waals surface area contributed by atoms with Crippen LogP contribution in [0.2, 0.25) is 0 Å². The molecule has 0 saturated carbocycles. The normalized spacial score (nSPS) is 20.1. The quantitative estimate of drug-likeness (QED) is 0.574. The molecule has 2 aromatic carbocycles. The van der Waals surface area contributed by atoms with E-state index in [1.165, 1.54) is 5.56 Å². The predicted molar refractivity (Wildman–Crippen MR) is 126 cm³/mol. The van der Waals surface area contributed by atoms with Crippen molar-refractivity contribution in [1.82, 2.24) is 20.2 Å². The van der Waals surface area contributed by atoms with E-state index in [2.05, 4.69) is 34.0 Å². The van der Waals surface area contributed by atoms with Gasteiger partial charge in [-0.3, -0.25) is 9.69 Å². The Kier molecular flexibility index (Phi) is 7.02. The molecule has 1 fully saturated rings. The average molecular weight is 433 g/mol. The van der Waals surface area contributed by atoms with Crippen molar-refractivity contribution in [3.8, 4) is 11.3 Å². The van der Waals surface area contributed by atoms with Crippen LogP contribution < -0.4 is 5.32 Å². The molecule has 168 valence electrons. The van der Waals surface area contributed by atoms with Gasteiger partial charge in [-0.25, -0.2) is 4.98 Å². The Morgan fingerprint density at radius 3 is 2.47 bits per heavy atom. The fourth-order valence-corrected chi connectivity index (χ4v) is 4.32. The highest BCUT2D eigenvalue weighted by molar-refractivity contribution is 5.94. The SMILES string of the molecule is CCC(NC(=O)c1ccc(CN2CC(C)OC(C)C2)cc1)c1ncc(-c2ccccc2)[nH]1. The van der Waals surface area contributed by atoms with Crippen molar-refractivity contribution in [2.24, 2.45) is 0 Å². The number of morpholine rings is 1. The van der Waals surface area contributed by atoms with Gasteiger partial charge in [0.05, 0.1) is 30.1 Å². The van der Waals surface area contributed by atoms with E-state index >= 15 is 0 Å². The third-order valence-electron chi connectivity index (χ3n) is 5.84. The molecule has 32 heavy (non-hydrogen) atoms. The monoisotopic (exact) mass is 432 g/mol. The topological polar surface area (TPSA) is 70.2 Å². The zero-order valence-electron chi connectivity index (χ0n) is 19.0. The Morgan fingerprint density at radius 2 is 1.81 bits per heavy atom. The maximum Gasteiger partial charge on any atom is 0.251 e. The van der Waals surface area contributed by atoms with Crippen molar-refractivity contribution in [1.29, 1.82) is 0 Å². The molecule has 3 unspecified atom stereocenters. The number of rotatable bonds is 7. The van der Waals surface area contributed by atoms with Crippen LogP contribution in [0.3, 0.4) is 0 Å². The summed E-state index contributed by atoms with van der Waals surface area (Å²) in [4.78, 5) is 23.1. The maximum atomic E-state index is 12.9. The molecular weight excluding hydrogens is 400 g/mol. The molecule has 6 nitrogen and oxygen atoms in total. The first-order chi connectivity index (χ1) is 15.5. The largest absolute Gasteiger partial charge is 0.373 e. The third-order valence-corrected chi connectivity index (χ3v) is 5.84. The second kappa shape index (κ2) is 10.1. The summed E-state index contributed by atoms with van der Waals surface area (Å²) in [5.41, 5.74) is 3.88. The number of benzene rings is 2. The molecule has 0 radical (unpaired) electrons. The van der Waals surface area contributed by atoms with Crippen LogP contribution in [0, 0.1) is 0 Å². The number of aromatic amines is 1. The molecule has 3 atom stereocenters. The minimum atomic E-state index is -0.170. The number of nitrogens with one attached hydrogen (secondary N) is 2. The third kappa shape index (κ3) is 5.44. The molecule has 0 aliphatic carbocycles. The molecule has 6 heteroatoms. The zero-order valence-corrected chi connectivity index (χ0v) is 19.0. The summed E-state index contributed by atoms with van der Waals surface area (Å²) in [5.74, 6) is 0.682. The summed E-state index contributed by atoms with van der Waals surface area (Å²) in [6.07, 6.45) is 3.07.